The predicted molar refractivity (Wildman–Crippen MR) is 148 cm³/mol. The summed E-state index contributed by atoms with van der Waals surface area (Å²) in [4.78, 5) is 22.0. The molecule has 3 fully saturated rings. The van der Waals surface area contributed by atoms with Gasteiger partial charge >= 0.3 is 0 Å². The molecule has 7 nitrogen and oxygen atoms in total. The van der Waals surface area contributed by atoms with Gasteiger partial charge < -0.3 is 14.9 Å². The standard InChI is InChI=1S/C30H37N3O4S/c1-19(2)38(36,37)25-6-4-5-23(16-25)24-9-10-26(20(3)15-24)27-31-30(12-13-30)29(35)33(27)18-21-11-14-32(17-21)28(34)22-7-8-22/h4-6,9-10,15-16,19,21-22,29,35H,7-8,11-14,17-18H2,1-3H3. The molecule has 2 heterocycles. The van der Waals surface area contributed by atoms with E-state index < -0.39 is 26.9 Å². The van der Waals surface area contributed by atoms with E-state index in [1.54, 1.807) is 32.0 Å². The SMILES string of the molecule is Cc1cc(-c2cccc(S(=O)(=O)C(C)C)c2)ccc1C1=NC2(CC2)C(O)N1CC1CCN(C(=O)C2CC2)C1. The van der Waals surface area contributed by atoms with Crippen molar-refractivity contribution in [3.05, 3.63) is 53.6 Å². The second kappa shape index (κ2) is 9.19. The van der Waals surface area contributed by atoms with Gasteiger partial charge in [-0.05, 0) is 87.6 Å². The lowest BCUT2D eigenvalue weighted by Gasteiger charge is -2.30. The first-order valence-electron chi connectivity index (χ1n) is 13.9. The van der Waals surface area contributed by atoms with Crippen molar-refractivity contribution >= 4 is 21.6 Å². The van der Waals surface area contributed by atoms with Gasteiger partial charge in [-0.1, -0.05) is 30.3 Å². The summed E-state index contributed by atoms with van der Waals surface area (Å²) in [5.74, 6) is 1.70. The molecule has 0 aromatic heterocycles. The third-order valence-corrected chi connectivity index (χ3v) is 10.9. The van der Waals surface area contributed by atoms with E-state index in [2.05, 4.69) is 11.0 Å². The number of carbonyl (C=O) groups excluding carboxylic acids is 1. The number of nitrogens with zero attached hydrogens (tertiary/aromatic N) is 3. The Balaban J connectivity index is 1.25. The number of aryl methyl sites for hydroxylation is 1. The van der Waals surface area contributed by atoms with Crippen LogP contribution in [0.3, 0.4) is 0 Å². The largest absolute Gasteiger partial charge is 0.371 e. The second-order valence-corrected chi connectivity index (χ2v) is 14.4. The Morgan fingerprint density at radius 3 is 2.50 bits per heavy atom. The van der Waals surface area contributed by atoms with E-state index in [4.69, 9.17) is 4.99 Å². The van der Waals surface area contributed by atoms with Crippen LogP contribution < -0.4 is 0 Å². The van der Waals surface area contributed by atoms with Crippen molar-refractivity contribution in [2.75, 3.05) is 19.6 Å². The van der Waals surface area contributed by atoms with Gasteiger partial charge in [0.2, 0.25) is 5.91 Å². The van der Waals surface area contributed by atoms with Crippen molar-refractivity contribution in [2.45, 2.75) is 74.8 Å². The Labute approximate surface area is 225 Å². The van der Waals surface area contributed by atoms with Crippen LogP contribution in [0.4, 0.5) is 0 Å². The summed E-state index contributed by atoms with van der Waals surface area (Å²) in [6, 6.07) is 13.3. The van der Waals surface area contributed by atoms with Gasteiger partial charge in [-0.25, -0.2) is 8.42 Å². The van der Waals surface area contributed by atoms with Gasteiger partial charge in [0.1, 0.15) is 11.4 Å². The molecule has 2 aromatic carbocycles. The zero-order valence-electron chi connectivity index (χ0n) is 22.4. The number of hydrogen-bond donors (Lipinski definition) is 1. The Kier molecular flexibility index (Phi) is 6.18. The summed E-state index contributed by atoms with van der Waals surface area (Å²) >= 11 is 0. The molecule has 1 spiro atoms. The molecular formula is C30H37N3O4S. The summed E-state index contributed by atoms with van der Waals surface area (Å²) in [6.07, 6.45) is 4.14. The number of hydrogen-bond acceptors (Lipinski definition) is 6. The number of likely N-dealkylation sites (tertiary alicyclic amines) is 1. The highest BCUT2D eigenvalue weighted by atomic mass is 32.2. The smallest absolute Gasteiger partial charge is 0.225 e. The van der Waals surface area contributed by atoms with Gasteiger partial charge in [0, 0.05) is 31.1 Å². The average molecular weight is 536 g/mol. The second-order valence-electron chi connectivity index (χ2n) is 11.9. The molecule has 8 heteroatoms. The topological polar surface area (TPSA) is 90.3 Å². The van der Waals surface area contributed by atoms with Crippen LogP contribution in [-0.4, -0.2) is 71.7 Å². The zero-order chi connectivity index (χ0) is 26.8. The third-order valence-electron chi connectivity index (χ3n) is 8.70. The Morgan fingerprint density at radius 1 is 1.11 bits per heavy atom. The fourth-order valence-corrected chi connectivity index (χ4v) is 7.01. The van der Waals surface area contributed by atoms with Gasteiger partial charge in [0.05, 0.1) is 10.1 Å². The maximum Gasteiger partial charge on any atom is 0.225 e. The van der Waals surface area contributed by atoms with Gasteiger partial charge in [-0.3, -0.25) is 9.79 Å². The number of amidine groups is 1. The van der Waals surface area contributed by atoms with E-state index in [1.165, 1.54) is 0 Å². The quantitative estimate of drug-likeness (QED) is 0.579. The minimum absolute atomic E-state index is 0.241. The van der Waals surface area contributed by atoms with E-state index in [0.717, 1.165) is 73.3 Å². The monoisotopic (exact) mass is 535 g/mol. The van der Waals surface area contributed by atoms with Gasteiger partial charge in [-0.2, -0.15) is 0 Å². The molecule has 202 valence electrons. The lowest BCUT2D eigenvalue weighted by Crippen LogP contribution is -2.44. The number of aliphatic hydroxyl groups excluding tert-OH is 1. The summed E-state index contributed by atoms with van der Waals surface area (Å²) in [5.41, 5.74) is 3.43. The van der Waals surface area contributed by atoms with Crippen LogP contribution in [0.15, 0.2) is 52.4 Å². The van der Waals surface area contributed by atoms with Crippen molar-refractivity contribution in [3.8, 4) is 11.1 Å². The fourth-order valence-electron chi connectivity index (χ4n) is 5.91. The fraction of sp³-hybridized carbons (Fsp3) is 0.533. The lowest BCUT2D eigenvalue weighted by molar-refractivity contribution is -0.131. The zero-order valence-corrected chi connectivity index (χ0v) is 23.2. The number of benzene rings is 2. The molecule has 2 aromatic rings. The van der Waals surface area contributed by atoms with E-state index in [0.29, 0.717) is 23.3 Å². The lowest BCUT2D eigenvalue weighted by atomic mass is 9.98. The molecule has 0 radical (unpaired) electrons. The molecule has 2 aliphatic carbocycles. The number of sulfone groups is 1. The normalized spacial score (nSPS) is 24.4. The van der Waals surface area contributed by atoms with Crippen LogP contribution in [0.5, 0.6) is 0 Å². The van der Waals surface area contributed by atoms with Crippen molar-refractivity contribution < 1.29 is 18.3 Å². The maximum atomic E-state index is 12.7. The average Bonchev–Trinajstić information content (AvgIpc) is 3.82. The number of carbonyl (C=O) groups is 1. The first-order valence-corrected chi connectivity index (χ1v) is 15.4. The highest BCUT2D eigenvalue weighted by molar-refractivity contribution is 7.92. The summed E-state index contributed by atoms with van der Waals surface area (Å²) in [6.45, 7) is 7.69. The Hall–Kier alpha value is -2.71. The van der Waals surface area contributed by atoms with Crippen LogP contribution in [-0.2, 0) is 14.6 Å². The Bertz CT molecular complexity index is 1410. The number of rotatable bonds is 7. The molecule has 2 aliphatic heterocycles. The summed E-state index contributed by atoms with van der Waals surface area (Å²) in [7, 11) is -3.36. The van der Waals surface area contributed by atoms with E-state index in [1.807, 2.05) is 30.0 Å². The molecule has 2 unspecified atom stereocenters. The van der Waals surface area contributed by atoms with Crippen LogP contribution >= 0.6 is 0 Å². The molecule has 1 saturated heterocycles. The molecule has 0 bridgehead atoms. The molecule has 4 aliphatic rings. The van der Waals surface area contributed by atoms with Crippen LogP contribution in [0.1, 0.15) is 57.1 Å². The molecule has 2 saturated carbocycles. The highest BCUT2D eigenvalue weighted by Gasteiger charge is 2.57. The van der Waals surface area contributed by atoms with Gasteiger partial charge in [0.25, 0.3) is 0 Å². The van der Waals surface area contributed by atoms with Crippen molar-refractivity contribution in [2.24, 2.45) is 16.8 Å². The van der Waals surface area contributed by atoms with Crippen LogP contribution in [0, 0.1) is 18.8 Å². The molecule has 1 N–H and O–H groups in total. The van der Waals surface area contributed by atoms with Crippen LogP contribution in [0.2, 0.25) is 0 Å². The van der Waals surface area contributed by atoms with Crippen molar-refractivity contribution in [1.29, 1.82) is 0 Å². The van der Waals surface area contributed by atoms with E-state index in [9.17, 15) is 18.3 Å². The summed E-state index contributed by atoms with van der Waals surface area (Å²) < 4.78 is 25.4. The van der Waals surface area contributed by atoms with E-state index in [-0.39, 0.29) is 5.92 Å². The first-order chi connectivity index (χ1) is 18.1. The third kappa shape index (κ3) is 4.45. The number of aliphatic imine (C=N–C) groups is 1. The molecule has 2 atom stereocenters. The van der Waals surface area contributed by atoms with Crippen molar-refractivity contribution in [3.63, 3.8) is 0 Å². The number of amides is 1. The van der Waals surface area contributed by atoms with Crippen molar-refractivity contribution in [1.82, 2.24) is 9.80 Å². The predicted octanol–water partition coefficient (Wildman–Crippen LogP) is 4.02. The maximum absolute atomic E-state index is 12.7. The molecule has 1 amide bonds. The number of aliphatic hydroxyl groups is 1. The molecule has 38 heavy (non-hydrogen) atoms. The minimum Gasteiger partial charge on any atom is -0.371 e. The molecular weight excluding hydrogens is 498 g/mol. The van der Waals surface area contributed by atoms with Gasteiger partial charge in [-0.15, -0.1) is 0 Å². The highest BCUT2D eigenvalue weighted by Crippen LogP contribution is 2.49. The van der Waals surface area contributed by atoms with Gasteiger partial charge in [0.15, 0.2) is 16.1 Å². The molecule has 6 rings (SSSR count). The first kappa shape index (κ1) is 25.6. The van der Waals surface area contributed by atoms with Crippen LogP contribution in [0.25, 0.3) is 11.1 Å². The van der Waals surface area contributed by atoms with E-state index >= 15 is 0 Å². The Morgan fingerprint density at radius 2 is 1.84 bits per heavy atom. The minimum atomic E-state index is -3.36. The summed E-state index contributed by atoms with van der Waals surface area (Å²) in [5, 5.41) is 10.8.